The molecule has 0 aromatic carbocycles. The molecule has 1 atom stereocenters. The highest BCUT2D eigenvalue weighted by Crippen LogP contribution is 2.13. The van der Waals surface area contributed by atoms with E-state index in [1.807, 2.05) is 0 Å². The molecule has 0 spiro atoms. The molecule has 9 heavy (non-hydrogen) atoms. The van der Waals surface area contributed by atoms with Crippen LogP contribution < -0.4 is 5.32 Å². The van der Waals surface area contributed by atoms with E-state index in [0.29, 0.717) is 5.78 Å². The molecule has 0 amide bonds. The Kier molecular flexibility index (Phi) is 1.07. The van der Waals surface area contributed by atoms with Crippen LogP contribution in [0.3, 0.4) is 0 Å². The molecule has 2 aliphatic heterocycles. The Hall–Kier alpha value is -0.410. The van der Waals surface area contributed by atoms with Gasteiger partial charge in [-0.25, -0.2) is 0 Å². The maximum absolute atomic E-state index is 11.0. The third-order valence-electron chi connectivity index (χ3n) is 2.05. The maximum Gasteiger partial charge on any atom is 0.165 e. The first-order chi connectivity index (χ1) is 4.38. The smallest absolute Gasteiger partial charge is 0.165 e. The van der Waals surface area contributed by atoms with Gasteiger partial charge in [-0.15, -0.1) is 0 Å². The SMILES string of the molecule is O=C1CCN2CCNC12. The fourth-order valence-corrected chi connectivity index (χ4v) is 1.55. The average Bonchev–Trinajstić information content (AvgIpc) is 2.35. The fourth-order valence-electron chi connectivity index (χ4n) is 1.55. The van der Waals surface area contributed by atoms with Crippen molar-refractivity contribution in [1.29, 1.82) is 0 Å². The second-order valence-electron chi connectivity index (χ2n) is 2.61. The minimum Gasteiger partial charge on any atom is -0.296 e. The lowest BCUT2D eigenvalue weighted by Gasteiger charge is -2.09. The lowest BCUT2D eigenvalue weighted by molar-refractivity contribution is -0.119. The second-order valence-corrected chi connectivity index (χ2v) is 2.61. The van der Waals surface area contributed by atoms with E-state index in [1.54, 1.807) is 0 Å². The van der Waals surface area contributed by atoms with E-state index < -0.39 is 0 Å². The molecule has 2 aliphatic rings. The molecular weight excluding hydrogens is 116 g/mol. The van der Waals surface area contributed by atoms with Crippen LogP contribution in [0.5, 0.6) is 0 Å². The van der Waals surface area contributed by atoms with Crippen LogP contribution in [0.4, 0.5) is 0 Å². The first kappa shape index (κ1) is 5.38. The largest absolute Gasteiger partial charge is 0.296 e. The summed E-state index contributed by atoms with van der Waals surface area (Å²) in [6, 6.07) is 0. The molecular formula is C6H10N2O. The monoisotopic (exact) mass is 126 g/mol. The molecule has 3 heteroatoms. The van der Waals surface area contributed by atoms with E-state index in [4.69, 9.17) is 0 Å². The molecule has 0 saturated carbocycles. The number of carbonyl (C=O) groups is 1. The number of carbonyl (C=O) groups excluding carboxylic acids is 1. The molecule has 1 unspecified atom stereocenters. The number of nitrogens with zero attached hydrogens (tertiary/aromatic N) is 1. The zero-order valence-corrected chi connectivity index (χ0v) is 5.26. The summed E-state index contributed by atoms with van der Waals surface area (Å²) >= 11 is 0. The van der Waals surface area contributed by atoms with Crippen LogP contribution in [0.1, 0.15) is 6.42 Å². The first-order valence-corrected chi connectivity index (χ1v) is 3.38. The van der Waals surface area contributed by atoms with Gasteiger partial charge in [-0.05, 0) is 0 Å². The van der Waals surface area contributed by atoms with Crippen LogP contribution in [0.25, 0.3) is 0 Å². The van der Waals surface area contributed by atoms with Gasteiger partial charge in [0.15, 0.2) is 5.78 Å². The van der Waals surface area contributed by atoms with Gasteiger partial charge in [0.1, 0.15) is 6.17 Å². The number of rotatable bonds is 0. The standard InChI is InChI=1S/C6H10N2O/c9-5-1-3-8-4-2-7-6(5)8/h6-7H,1-4H2. The lowest BCUT2D eigenvalue weighted by Crippen LogP contribution is -2.34. The summed E-state index contributed by atoms with van der Waals surface area (Å²) in [7, 11) is 0. The predicted molar refractivity (Wildman–Crippen MR) is 33.0 cm³/mol. The molecule has 2 rings (SSSR count). The summed E-state index contributed by atoms with van der Waals surface area (Å²) < 4.78 is 0. The number of ketones is 1. The van der Waals surface area contributed by atoms with Crippen molar-refractivity contribution in [3.05, 3.63) is 0 Å². The predicted octanol–water partition coefficient (Wildman–Crippen LogP) is -0.809. The van der Waals surface area contributed by atoms with Crippen molar-refractivity contribution in [2.75, 3.05) is 19.6 Å². The number of fused-ring (bicyclic) bond motifs is 1. The number of hydrogen-bond donors (Lipinski definition) is 1. The molecule has 0 aromatic rings. The molecule has 2 heterocycles. The van der Waals surface area contributed by atoms with E-state index in [0.717, 1.165) is 26.1 Å². The molecule has 1 N–H and O–H groups in total. The van der Waals surface area contributed by atoms with Crippen LogP contribution in [0.15, 0.2) is 0 Å². The van der Waals surface area contributed by atoms with Gasteiger partial charge in [-0.2, -0.15) is 0 Å². The van der Waals surface area contributed by atoms with Gasteiger partial charge in [0, 0.05) is 26.1 Å². The average molecular weight is 126 g/mol. The minimum atomic E-state index is 0.0880. The van der Waals surface area contributed by atoms with Gasteiger partial charge in [-0.1, -0.05) is 0 Å². The van der Waals surface area contributed by atoms with Crippen LogP contribution in [0, 0.1) is 0 Å². The van der Waals surface area contributed by atoms with Gasteiger partial charge < -0.3 is 0 Å². The van der Waals surface area contributed by atoms with Gasteiger partial charge in [-0.3, -0.25) is 15.0 Å². The quantitative estimate of drug-likeness (QED) is 0.461. The highest BCUT2D eigenvalue weighted by Gasteiger charge is 2.34. The van der Waals surface area contributed by atoms with Crippen molar-refractivity contribution in [3.8, 4) is 0 Å². The Morgan fingerprint density at radius 3 is 3.22 bits per heavy atom. The summed E-state index contributed by atoms with van der Waals surface area (Å²) in [6.07, 6.45) is 0.836. The Morgan fingerprint density at radius 2 is 2.44 bits per heavy atom. The van der Waals surface area contributed by atoms with Crippen molar-refractivity contribution < 1.29 is 4.79 Å². The van der Waals surface area contributed by atoms with Gasteiger partial charge in [0.2, 0.25) is 0 Å². The molecule has 0 aliphatic carbocycles. The number of nitrogens with one attached hydrogen (secondary N) is 1. The molecule has 0 bridgehead atoms. The summed E-state index contributed by atoms with van der Waals surface area (Å²) in [5.41, 5.74) is 0. The summed E-state index contributed by atoms with van der Waals surface area (Å²) in [4.78, 5) is 13.1. The van der Waals surface area contributed by atoms with Crippen molar-refractivity contribution in [1.82, 2.24) is 10.2 Å². The Bertz CT molecular complexity index is 146. The first-order valence-electron chi connectivity index (χ1n) is 3.38. The molecule has 3 nitrogen and oxygen atoms in total. The van der Waals surface area contributed by atoms with Crippen molar-refractivity contribution in [2.24, 2.45) is 0 Å². The van der Waals surface area contributed by atoms with Gasteiger partial charge >= 0.3 is 0 Å². The fraction of sp³-hybridized carbons (Fsp3) is 0.833. The molecule has 2 saturated heterocycles. The van der Waals surface area contributed by atoms with E-state index in [9.17, 15) is 4.79 Å². The van der Waals surface area contributed by atoms with E-state index in [2.05, 4.69) is 10.2 Å². The van der Waals surface area contributed by atoms with Crippen molar-refractivity contribution in [3.63, 3.8) is 0 Å². The van der Waals surface area contributed by atoms with Crippen molar-refractivity contribution >= 4 is 5.78 Å². The minimum absolute atomic E-state index is 0.0880. The topological polar surface area (TPSA) is 32.3 Å². The Morgan fingerprint density at radius 1 is 1.56 bits per heavy atom. The van der Waals surface area contributed by atoms with E-state index in [1.165, 1.54) is 0 Å². The van der Waals surface area contributed by atoms with Crippen LogP contribution in [-0.2, 0) is 4.79 Å². The van der Waals surface area contributed by atoms with Crippen LogP contribution in [-0.4, -0.2) is 36.5 Å². The summed E-state index contributed by atoms with van der Waals surface area (Å²) in [6.45, 7) is 3.00. The normalized spacial score (nSPS) is 35.6. The van der Waals surface area contributed by atoms with E-state index in [-0.39, 0.29) is 6.17 Å². The highest BCUT2D eigenvalue weighted by atomic mass is 16.1. The molecule has 2 fully saturated rings. The lowest BCUT2D eigenvalue weighted by atomic mass is 10.3. The maximum atomic E-state index is 11.0. The van der Waals surface area contributed by atoms with Crippen molar-refractivity contribution in [2.45, 2.75) is 12.6 Å². The van der Waals surface area contributed by atoms with E-state index >= 15 is 0 Å². The third-order valence-corrected chi connectivity index (χ3v) is 2.05. The number of Topliss-reactive ketones (excluding diaryl/α,β-unsaturated/α-hetero) is 1. The molecule has 0 aromatic heterocycles. The zero-order chi connectivity index (χ0) is 6.27. The summed E-state index contributed by atoms with van der Waals surface area (Å²) in [5, 5.41) is 3.14. The summed E-state index contributed by atoms with van der Waals surface area (Å²) in [5.74, 6) is 0.368. The van der Waals surface area contributed by atoms with Gasteiger partial charge in [0.05, 0.1) is 0 Å². The Labute approximate surface area is 54.0 Å². The Balaban J connectivity index is 2.15. The third kappa shape index (κ3) is 0.686. The number of hydrogen-bond acceptors (Lipinski definition) is 3. The second kappa shape index (κ2) is 1.78. The highest BCUT2D eigenvalue weighted by molar-refractivity contribution is 5.86. The van der Waals surface area contributed by atoms with Gasteiger partial charge in [0.25, 0.3) is 0 Å². The molecule has 0 radical (unpaired) electrons. The van der Waals surface area contributed by atoms with Crippen LogP contribution >= 0.6 is 0 Å². The van der Waals surface area contributed by atoms with Crippen LogP contribution in [0.2, 0.25) is 0 Å². The molecule has 50 valence electrons. The zero-order valence-electron chi connectivity index (χ0n) is 5.26.